The predicted octanol–water partition coefficient (Wildman–Crippen LogP) is 4.10. The van der Waals surface area contributed by atoms with Crippen LogP contribution in [0.2, 0.25) is 5.02 Å². The zero-order valence-electron chi connectivity index (χ0n) is 12.9. The fourth-order valence-electron chi connectivity index (χ4n) is 1.98. The summed E-state index contributed by atoms with van der Waals surface area (Å²) in [5.74, 6) is -1.26. The summed E-state index contributed by atoms with van der Waals surface area (Å²) in [7, 11) is -3.03. The summed E-state index contributed by atoms with van der Waals surface area (Å²) in [5, 5.41) is 2.84. The number of carbonyl (C=O) groups excluding carboxylic acids is 1. The third-order valence-electron chi connectivity index (χ3n) is 3.24. The maximum absolute atomic E-state index is 12.2. The molecule has 1 amide bonds. The lowest BCUT2D eigenvalue weighted by molar-refractivity contribution is 0.136. The largest absolute Gasteiger partial charge is 0.445 e. The molecule has 8 heteroatoms. The van der Waals surface area contributed by atoms with Crippen LogP contribution >= 0.6 is 19.2 Å². The molecule has 0 aromatic heterocycles. The van der Waals surface area contributed by atoms with Gasteiger partial charge in [0.05, 0.1) is 0 Å². The summed E-state index contributed by atoms with van der Waals surface area (Å²) in [6, 6.07) is 15.3. The third kappa shape index (κ3) is 5.08. The fraction of sp³-hybridized carbons (Fsp3) is 0.188. The molecule has 0 aliphatic heterocycles. The first kappa shape index (κ1) is 18.5. The number of ether oxygens (including phenoxy) is 1. The number of amides is 1. The van der Waals surface area contributed by atoms with Crippen molar-refractivity contribution in [1.29, 1.82) is 0 Å². The lowest BCUT2D eigenvalue weighted by Gasteiger charge is -2.22. The Morgan fingerprint density at radius 2 is 1.83 bits per heavy atom. The number of rotatable bonds is 6. The van der Waals surface area contributed by atoms with Crippen LogP contribution < -0.4 is 5.32 Å². The molecule has 0 saturated heterocycles. The maximum atomic E-state index is 12.2. The normalized spacial score (nSPS) is 14.5. The summed E-state index contributed by atoms with van der Waals surface area (Å²) < 4.78 is 21.9. The Balaban J connectivity index is 2.09. The maximum Gasteiger partial charge on any atom is 0.408 e. The van der Waals surface area contributed by atoms with Crippen LogP contribution in [0.3, 0.4) is 0 Å². The Morgan fingerprint density at radius 1 is 1.21 bits per heavy atom. The molecule has 0 spiro atoms. The molecule has 2 aromatic rings. The third-order valence-corrected chi connectivity index (χ3v) is 5.10. The van der Waals surface area contributed by atoms with E-state index in [1.54, 1.807) is 24.3 Å². The van der Waals surface area contributed by atoms with Gasteiger partial charge in [0.2, 0.25) is 0 Å². The van der Waals surface area contributed by atoms with Gasteiger partial charge < -0.3 is 19.5 Å². The second-order valence-electron chi connectivity index (χ2n) is 4.91. The van der Waals surface area contributed by atoms with Gasteiger partial charge in [-0.05, 0) is 23.3 Å². The second-order valence-corrected chi connectivity index (χ2v) is 7.35. The van der Waals surface area contributed by atoms with Gasteiger partial charge in [0, 0.05) is 12.1 Å². The molecular formula is C16H17ClNO5P. The first-order valence-electron chi connectivity index (χ1n) is 7.03. The van der Waals surface area contributed by atoms with E-state index in [0.29, 0.717) is 10.6 Å². The van der Waals surface area contributed by atoms with Crippen LogP contribution in [0, 0.1) is 0 Å². The number of nitrogens with one attached hydrogen (secondary N) is 1. The molecule has 2 atom stereocenters. The summed E-state index contributed by atoms with van der Waals surface area (Å²) in [5.41, 5.74) is 1.18. The number of carbonyl (C=O) groups is 1. The first-order chi connectivity index (χ1) is 11.4. The molecule has 128 valence electrons. The Kier molecular flexibility index (Phi) is 6.40. The van der Waals surface area contributed by atoms with Crippen molar-refractivity contribution < 1.29 is 23.5 Å². The van der Waals surface area contributed by atoms with Gasteiger partial charge in [-0.15, -0.1) is 0 Å². The zero-order chi connectivity index (χ0) is 17.6. The molecule has 0 radical (unpaired) electrons. The molecule has 0 bridgehead atoms. The zero-order valence-corrected chi connectivity index (χ0v) is 14.5. The Bertz CT molecular complexity index is 723. The van der Waals surface area contributed by atoms with Crippen molar-refractivity contribution in [2.75, 3.05) is 7.11 Å². The highest BCUT2D eigenvalue weighted by Crippen LogP contribution is 2.54. The molecule has 0 fully saturated rings. The van der Waals surface area contributed by atoms with Gasteiger partial charge in [-0.1, -0.05) is 54.1 Å². The second kappa shape index (κ2) is 8.31. The van der Waals surface area contributed by atoms with Gasteiger partial charge >= 0.3 is 13.7 Å². The van der Waals surface area contributed by atoms with E-state index in [2.05, 4.69) is 9.84 Å². The summed E-state index contributed by atoms with van der Waals surface area (Å²) in [6.45, 7) is 0.0444. The summed E-state index contributed by atoms with van der Waals surface area (Å²) >= 11 is 5.81. The van der Waals surface area contributed by atoms with Gasteiger partial charge in [0.15, 0.2) is 5.78 Å². The molecule has 0 aliphatic carbocycles. The van der Waals surface area contributed by atoms with Crippen molar-refractivity contribution in [2.45, 2.75) is 12.4 Å². The predicted molar refractivity (Wildman–Crippen MR) is 90.8 cm³/mol. The highest BCUT2D eigenvalue weighted by atomic mass is 35.5. The van der Waals surface area contributed by atoms with E-state index in [-0.39, 0.29) is 6.61 Å². The lowest BCUT2D eigenvalue weighted by atomic mass is 10.2. The van der Waals surface area contributed by atoms with Crippen molar-refractivity contribution in [3.63, 3.8) is 0 Å². The summed E-state index contributed by atoms with van der Waals surface area (Å²) in [4.78, 5) is 22.0. The van der Waals surface area contributed by atoms with Crippen LogP contribution in [-0.4, -0.2) is 18.1 Å². The van der Waals surface area contributed by atoms with Crippen molar-refractivity contribution in [1.82, 2.24) is 5.32 Å². The minimum absolute atomic E-state index is 0.0444. The highest BCUT2D eigenvalue weighted by Gasteiger charge is 2.34. The molecule has 2 N–H and O–H groups in total. The number of benzene rings is 2. The minimum atomic E-state index is -4.13. The topological polar surface area (TPSA) is 84.9 Å². The van der Waals surface area contributed by atoms with E-state index >= 15 is 0 Å². The minimum Gasteiger partial charge on any atom is -0.445 e. The van der Waals surface area contributed by atoms with Crippen LogP contribution in [0.25, 0.3) is 0 Å². The standard InChI is InChI=1S/C16H17ClNO5P/c1-22-24(20,21)15(13-7-9-14(17)10-8-13)18-16(19)23-11-12-5-3-2-4-6-12/h2-10,15H,11H2,1H3,(H,18,19)(H,20,21). The van der Waals surface area contributed by atoms with E-state index < -0.39 is 19.5 Å². The van der Waals surface area contributed by atoms with E-state index in [4.69, 9.17) is 16.3 Å². The van der Waals surface area contributed by atoms with Crippen molar-refractivity contribution in [3.8, 4) is 0 Å². The van der Waals surface area contributed by atoms with Crippen molar-refractivity contribution in [2.24, 2.45) is 0 Å². The Hall–Kier alpha value is -1.85. The molecule has 0 heterocycles. The molecule has 2 aromatic carbocycles. The van der Waals surface area contributed by atoms with Gasteiger partial charge in [0.1, 0.15) is 6.61 Å². The van der Waals surface area contributed by atoms with Crippen LogP contribution in [-0.2, 0) is 20.4 Å². The van der Waals surface area contributed by atoms with Gasteiger partial charge in [0.25, 0.3) is 0 Å². The quantitative estimate of drug-likeness (QED) is 0.749. The molecular weight excluding hydrogens is 353 g/mol. The van der Waals surface area contributed by atoms with E-state index in [9.17, 15) is 14.3 Å². The number of alkyl carbamates (subject to hydrolysis) is 1. The molecule has 0 aliphatic rings. The highest BCUT2D eigenvalue weighted by molar-refractivity contribution is 7.53. The average molecular weight is 370 g/mol. The van der Waals surface area contributed by atoms with Crippen LogP contribution in [0.1, 0.15) is 16.9 Å². The van der Waals surface area contributed by atoms with E-state index in [1.807, 2.05) is 18.2 Å². The Labute approximate surface area is 144 Å². The van der Waals surface area contributed by atoms with Crippen LogP contribution in [0.5, 0.6) is 0 Å². The fourth-order valence-corrected chi connectivity index (χ4v) is 3.13. The van der Waals surface area contributed by atoms with Crippen LogP contribution in [0.4, 0.5) is 4.79 Å². The van der Waals surface area contributed by atoms with Gasteiger partial charge in [-0.2, -0.15) is 0 Å². The monoisotopic (exact) mass is 369 g/mol. The van der Waals surface area contributed by atoms with Gasteiger partial charge in [-0.3, -0.25) is 4.57 Å². The van der Waals surface area contributed by atoms with E-state index in [1.165, 1.54) is 12.1 Å². The molecule has 6 nitrogen and oxygen atoms in total. The molecule has 0 saturated carbocycles. The van der Waals surface area contributed by atoms with Gasteiger partial charge in [-0.25, -0.2) is 4.79 Å². The number of hydrogen-bond acceptors (Lipinski definition) is 4. The average Bonchev–Trinajstić information content (AvgIpc) is 2.59. The van der Waals surface area contributed by atoms with Crippen molar-refractivity contribution in [3.05, 3.63) is 70.7 Å². The van der Waals surface area contributed by atoms with Crippen molar-refractivity contribution >= 4 is 25.3 Å². The molecule has 2 unspecified atom stereocenters. The summed E-state index contributed by atoms with van der Waals surface area (Å²) in [6.07, 6.45) is -0.829. The molecule has 24 heavy (non-hydrogen) atoms. The van der Waals surface area contributed by atoms with E-state index in [0.717, 1.165) is 12.7 Å². The first-order valence-corrected chi connectivity index (χ1v) is 9.06. The lowest BCUT2D eigenvalue weighted by Crippen LogP contribution is -2.29. The number of hydrogen-bond donors (Lipinski definition) is 2. The number of halogens is 1. The molecule has 2 rings (SSSR count). The van der Waals surface area contributed by atoms with Crippen LogP contribution in [0.15, 0.2) is 54.6 Å². The Morgan fingerprint density at radius 3 is 2.42 bits per heavy atom. The SMILES string of the molecule is COP(=O)(O)C(NC(=O)OCc1ccccc1)c1ccc(Cl)cc1. The smallest absolute Gasteiger partial charge is 0.408 e.